The fourth-order valence-corrected chi connectivity index (χ4v) is 2.91. The van der Waals surface area contributed by atoms with Crippen molar-refractivity contribution in [2.45, 2.75) is 13.5 Å². The van der Waals surface area contributed by atoms with Crippen molar-refractivity contribution in [1.29, 1.82) is 0 Å². The van der Waals surface area contributed by atoms with Gasteiger partial charge in [0.2, 0.25) is 5.91 Å². The maximum absolute atomic E-state index is 12.7. The minimum absolute atomic E-state index is 0.155. The quantitative estimate of drug-likeness (QED) is 0.667. The first-order valence-electron chi connectivity index (χ1n) is 9.05. The average molecular weight is 373 g/mol. The summed E-state index contributed by atoms with van der Waals surface area (Å²) in [5.41, 5.74) is 4.00. The summed E-state index contributed by atoms with van der Waals surface area (Å²) in [4.78, 5) is 26.0. The molecule has 0 aliphatic rings. The molecule has 0 radical (unpaired) electrons. The number of nitrogens with zero attached hydrogens (tertiary/aromatic N) is 1. The van der Waals surface area contributed by atoms with Gasteiger partial charge < -0.3 is 15.5 Å². The number of benzene rings is 3. The topological polar surface area (TPSA) is 61.4 Å². The summed E-state index contributed by atoms with van der Waals surface area (Å²) in [6.45, 7) is 2.20. The molecule has 2 N–H and O–H groups in total. The number of amides is 2. The van der Waals surface area contributed by atoms with Gasteiger partial charge in [0.05, 0.1) is 0 Å². The molecule has 3 rings (SSSR count). The van der Waals surface area contributed by atoms with Gasteiger partial charge in [0.15, 0.2) is 0 Å². The van der Waals surface area contributed by atoms with E-state index in [-0.39, 0.29) is 11.8 Å². The number of rotatable bonds is 6. The molecule has 0 saturated heterocycles. The highest BCUT2D eigenvalue weighted by atomic mass is 16.2. The molecule has 0 unspecified atom stereocenters. The fraction of sp³-hybridized carbons (Fsp3) is 0.130. The Morgan fingerprint density at radius 3 is 2.21 bits per heavy atom. The van der Waals surface area contributed by atoms with E-state index in [9.17, 15) is 9.59 Å². The van der Waals surface area contributed by atoms with Crippen LogP contribution in [0.15, 0.2) is 78.9 Å². The zero-order chi connectivity index (χ0) is 19.9. The molecule has 142 valence electrons. The summed E-state index contributed by atoms with van der Waals surface area (Å²) in [6, 6.07) is 24.8. The third-order valence-corrected chi connectivity index (χ3v) is 4.25. The highest BCUT2D eigenvalue weighted by Crippen LogP contribution is 2.20. The summed E-state index contributed by atoms with van der Waals surface area (Å²) < 4.78 is 0. The van der Waals surface area contributed by atoms with Gasteiger partial charge >= 0.3 is 0 Å². The predicted octanol–water partition coefficient (Wildman–Crippen LogP) is 4.53. The second-order valence-electron chi connectivity index (χ2n) is 6.61. The fourth-order valence-electron chi connectivity index (χ4n) is 2.91. The number of hydrogen-bond donors (Lipinski definition) is 2. The first kappa shape index (κ1) is 19.2. The molecule has 0 bridgehead atoms. The van der Waals surface area contributed by atoms with Crippen molar-refractivity contribution in [2.24, 2.45) is 0 Å². The van der Waals surface area contributed by atoms with E-state index in [0.29, 0.717) is 16.9 Å². The van der Waals surface area contributed by atoms with Crippen molar-refractivity contribution in [2.75, 3.05) is 22.6 Å². The second-order valence-corrected chi connectivity index (χ2v) is 6.61. The van der Waals surface area contributed by atoms with Gasteiger partial charge in [-0.1, -0.05) is 42.5 Å². The smallest absolute Gasteiger partial charge is 0.255 e. The zero-order valence-corrected chi connectivity index (χ0v) is 16.0. The number of carbonyl (C=O) groups is 2. The SMILES string of the molecule is CC(=O)Nc1cccc(NC(=O)c2cccc(N(C)Cc3ccccc3)c2)c1. The van der Waals surface area contributed by atoms with Crippen LogP contribution < -0.4 is 15.5 Å². The Balaban J connectivity index is 1.71. The normalized spacial score (nSPS) is 10.2. The molecule has 0 aliphatic carbocycles. The van der Waals surface area contributed by atoms with Gasteiger partial charge in [0, 0.05) is 43.1 Å². The first-order chi connectivity index (χ1) is 13.5. The van der Waals surface area contributed by atoms with Crippen molar-refractivity contribution < 1.29 is 9.59 Å². The van der Waals surface area contributed by atoms with Crippen LogP contribution >= 0.6 is 0 Å². The van der Waals surface area contributed by atoms with Gasteiger partial charge in [-0.05, 0) is 42.0 Å². The van der Waals surface area contributed by atoms with Gasteiger partial charge in [-0.25, -0.2) is 0 Å². The van der Waals surface area contributed by atoms with E-state index in [4.69, 9.17) is 0 Å². The Hall–Kier alpha value is -3.60. The third kappa shape index (κ3) is 5.20. The van der Waals surface area contributed by atoms with E-state index in [1.807, 2.05) is 43.4 Å². The van der Waals surface area contributed by atoms with Crippen LogP contribution in [0.3, 0.4) is 0 Å². The summed E-state index contributed by atoms with van der Waals surface area (Å²) in [6.07, 6.45) is 0. The Morgan fingerprint density at radius 1 is 0.821 bits per heavy atom. The Bertz CT molecular complexity index is 970. The highest BCUT2D eigenvalue weighted by Gasteiger charge is 2.10. The molecule has 0 aromatic heterocycles. The van der Waals surface area contributed by atoms with E-state index in [0.717, 1.165) is 12.2 Å². The summed E-state index contributed by atoms with van der Waals surface area (Å²) >= 11 is 0. The molecule has 2 amide bonds. The van der Waals surface area contributed by atoms with Crippen LogP contribution in [0.1, 0.15) is 22.8 Å². The van der Waals surface area contributed by atoms with Crippen molar-refractivity contribution in [3.63, 3.8) is 0 Å². The molecule has 5 nitrogen and oxygen atoms in total. The van der Waals surface area contributed by atoms with Gasteiger partial charge in [-0.3, -0.25) is 9.59 Å². The van der Waals surface area contributed by atoms with E-state index in [1.54, 1.807) is 30.3 Å². The molecule has 0 spiro atoms. The molecular weight excluding hydrogens is 350 g/mol. The number of carbonyl (C=O) groups excluding carboxylic acids is 2. The summed E-state index contributed by atoms with van der Waals surface area (Å²) in [5, 5.41) is 5.59. The Morgan fingerprint density at radius 2 is 1.50 bits per heavy atom. The molecule has 0 saturated carbocycles. The molecule has 0 heterocycles. The molecule has 3 aromatic carbocycles. The van der Waals surface area contributed by atoms with Gasteiger partial charge in [-0.2, -0.15) is 0 Å². The number of nitrogens with one attached hydrogen (secondary N) is 2. The van der Waals surface area contributed by atoms with E-state index >= 15 is 0 Å². The van der Waals surface area contributed by atoms with Crippen molar-refractivity contribution >= 4 is 28.9 Å². The summed E-state index contributed by atoms with van der Waals surface area (Å²) in [7, 11) is 2.00. The Labute approximate surface area is 165 Å². The second kappa shape index (κ2) is 8.86. The van der Waals surface area contributed by atoms with E-state index < -0.39 is 0 Å². The van der Waals surface area contributed by atoms with Gasteiger partial charge in [0.1, 0.15) is 0 Å². The standard InChI is InChI=1S/C23H23N3O2/c1-17(27)24-20-11-7-12-21(15-20)25-23(28)19-10-6-13-22(14-19)26(2)16-18-8-4-3-5-9-18/h3-15H,16H2,1-2H3,(H,24,27)(H,25,28). The Kier molecular flexibility index (Phi) is 6.07. The lowest BCUT2D eigenvalue weighted by Gasteiger charge is -2.20. The van der Waals surface area contributed by atoms with Crippen LogP contribution in [0.5, 0.6) is 0 Å². The number of anilines is 3. The predicted molar refractivity (Wildman–Crippen MR) is 114 cm³/mol. The molecule has 0 fully saturated rings. The minimum Gasteiger partial charge on any atom is -0.370 e. The van der Waals surface area contributed by atoms with Crippen LogP contribution in [-0.2, 0) is 11.3 Å². The average Bonchev–Trinajstić information content (AvgIpc) is 2.68. The molecule has 3 aromatic rings. The molecule has 0 aliphatic heterocycles. The van der Waals surface area contributed by atoms with E-state index in [2.05, 4.69) is 27.7 Å². The molecule has 5 heteroatoms. The largest absolute Gasteiger partial charge is 0.370 e. The van der Waals surface area contributed by atoms with Crippen molar-refractivity contribution in [1.82, 2.24) is 0 Å². The molecular formula is C23H23N3O2. The number of hydrogen-bond acceptors (Lipinski definition) is 3. The van der Waals surface area contributed by atoms with E-state index in [1.165, 1.54) is 12.5 Å². The van der Waals surface area contributed by atoms with Crippen LogP contribution in [0.4, 0.5) is 17.1 Å². The van der Waals surface area contributed by atoms with Crippen molar-refractivity contribution in [3.8, 4) is 0 Å². The lowest BCUT2D eigenvalue weighted by molar-refractivity contribution is -0.114. The maximum atomic E-state index is 12.7. The molecule has 28 heavy (non-hydrogen) atoms. The monoisotopic (exact) mass is 373 g/mol. The maximum Gasteiger partial charge on any atom is 0.255 e. The molecule has 0 atom stereocenters. The first-order valence-corrected chi connectivity index (χ1v) is 9.05. The lowest BCUT2D eigenvalue weighted by atomic mass is 10.1. The van der Waals surface area contributed by atoms with Crippen molar-refractivity contribution in [3.05, 3.63) is 90.0 Å². The van der Waals surface area contributed by atoms with Gasteiger partial charge in [0.25, 0.3) is 5.91 Å². The van der Waals surface area contributed by atoms with Crippen LogP contribution in [-0.4, -0.2) is 18.9 Å². The highest BCUT2D eigenvalue weighted by molar-refractivity contribution is 6.05. The minimum atomic E-state index is -0.199. The van der Waals surface area contributed by atoms with Crippen LogP contribution in [0.25, 0.3) is 0 Å². The van der Waals surface area contributed by atoms with Crippen LogP contribution in [0, 0.1) is 0 Å². The van der Waals surface area contributed by atoms with Crippen LogP contribution in [0.2, 0.25) is 0 Å². The lowest BCUT2D eigenvalue weighted by Crippen LogP contribution is -2.18. The van der Waals surface area contributed by atoms with Gasteiger partial charge in [-0.15, -0.1) is 0 Å². The third-order valence-electron chi connectivity index (χ3n) is 4.25. The summed E-state index contributed by atoms with van der Waals surface area (Å²) in [5.74, 6) is -0.354. The zero-order valence-electron chi connectivity index (χ0n) is 16.0.